The largest absolute Gasteiger partial charge is 0.496 e. The number of nitrogens with one attached hydrogen (secondary N) is 1. The lowest BCUT2D eigenvalue weighted by Gasteiger charge is -2.09. The number of carbonyl (C=O) groups is 1. The highest BCUT2D eigenvalue weighted by Crippen LogP contribution is 2.20. The van der Waals surface area contributed by atoms with Crippen molar-refractivity contribution in [3.05, 3.63) is 29.3 Å². The van der Waals surface area contributed by atoms with E-state index >= 15 is 0 Å². The van der Waals surface area contributed by atoms with Crippen LogP contribution in [0.3, 0.4) is 0 Å². The molecule has 0 amide bonds. The second-order valence-electron chi connectivity index (χ2n) is 3.82. The van der Waals surface area contributed by atoms with Crippen LogP contribution in [0.15, 0.2) is 18.2 Å². The summed E-state index contributed by atoms with van der Waals surface area (Å²) in [6.07, 6.45) is 1.75. The normalized spacial score (nSPS) is 10.2. The van der Waals surface area contributed by atoms with Crippen molar-refractivity contribution in [1.82, 2.24) is 5.32 Å². The Bertz CT molecular complexity index is 377. The van der Waals surface area contributed by atoms with E-state index in [1.807, 2.05) is 12.1 Å². The van der Waals surface area contributed by atoms with Gasteiger partial charge in [0.15, 0.2) is 0 Å². The molecule has 1 aromatic carbocycles. The maximum Gasteiger partial charge on any atom is 0.317 e. The minimum atomic E-state index is -0.825. The number of benzene rings is 1. The zero-order valence-corrected chi connectivity index (χ0v) is 10.3. The highest BCUT2D eigenvalue weighted by molar-refractivity contribution is 5.68. The van der Waals surface area contributed by atoms with Gasteiger partial charge < -0.3 is 15.2 Å². The Kier molecular flexibility index (Phi) is 5.49. The zero-order chi connectivity index (χ0) is 12.7. The summed E-state index contributed by atoms with van der Waals surface area (Å²) in [6, 6.07) is 6.09. The molecule has 4 nitrogen and oxygen atoms in total. The number of rotatable bonds is 7. The minimum Gasteiger partial charge on any atom is -0.496 e. The summed E-state index contributed by atoms with van der Waals surface area (Å²) in [6.45, 7) is 2.77. The fraction of sp³-hybridized carbons (Fsp3) is 0.462. The van der Waals surface area contributed by atoms with Gasteiger partial charge in [-0.1, -0.05) is 19.1 Å². The maximum absolute atomic E-state index is 10.3. The molecule has 94 valence electrons. The van der Waals surface area contributed by atoms with Crippen LogP contribution < -0.4 is 10.1 Å². The van der Waals surface area contributed by atoms with Gasteiger partial charge in [-0.2, -0.15) is 0 Å². The Labute approximate surface area is 102 Å². The number of aryl methyl sites for hydroxylation is 1. The summed E-state index contributed by atoms with van der Waals surface area (Å²) in [7, 11) is 1.67. The van der Waals surface area contributed by atoms with Gasteiger partial charge in [0.2, 0.25) is 0 Å². The molecule has 0 aliphatic carbocycles. The van der Waals surface area contributed by atoms with E-state index in [2.05, 4.69) is 18.3 Å². The molecule has 4 heteroatoms. The first kappa shape index (κ1) is 13.5. The van der Waals surface area contributed by atoms with E-state index in [0.717, 1.165) is 18.6 Å². The molecule has 0 aromatic heterocycles. The van der Waals surface area contributed by atoms with Crippen LogP contribution in [-0.4, -0.2) is 31.3 Å². The van der Waals surface area contributed by atoms with Crippen LogP contribution in [0.1, 0.15) is 18.1 Å². The summed E-state index contributed by atoms with van der Waals surface area (Å²) in [4.78, 5) is 10.3. The van der Waals surface area contributed by atoms with E-state index in [-0.39, 0.29) is 6.54 Å². The molecular weight excluding hydrogens is 218 g/mol. The average molecular weight is 237 g/mol. The lowest BCUT2D eigenvalue weighted by molar-refractivity contribution is -0.135. The molecule has 0 saturated heterocycles. The first-order valence-electron chi connectivity index (χ1n) is 5.75. The Hall–Kier alpha value is -1.55. The van der Waals surface area contributed by atoms with Crippen molar-refractivity contribution in [3.63, 3.8) is 0 Å². The second-order valence-corrected chi connectivity index (χ2v) is 3.82. The van der Waals surface area contributed by atoms with Crippen LogP contribution in [0, 0.1) is 0 Å². The highest BCUT2D eigenvalue weighted by atomic mass is 16.5. The van der Waals surface area contributed by atoms with Crippen LogP contribution >= 0.6 is 0 Å². The fourth-order valence-electron chi connectivity index (χ4n) is 1.69. The van der Waals surface area contributed by atoms with Gasteiger partial charge in [-0.05, 0) is 36.6 Å². The summed E-state index contributed by atoms with van der Waals surface area (Å²) in [5, 5.41) is 11.4. The van der Waals surface area contributed by atoms with E-state index < -0.39 is 5.97 Å². The molecule has 0 saturated carbocycles. The van der Waals surface area contributed by atoms with E-state index in [4.69, 9.17) is 9.84 Å². The number of ether oxygens (including phenoxy) is 1. The third-order valence-electron chi connectivity index (χ3n) is 2.59. The van der Waals surface area contributed by atoms with Crippen LogP contribution in [0.25, 0.3) is 0 Å². The number of methoxy groups -OCH3 is 1. The van der Waals surface area contributed by atoms with Gasteiger partial charge in [-0.15, -0.1) is 0 Å². The molecule has 0 atom stereocenters. The van der Waals surface area contributed by atoms with E-state index in [1.54, 1.807) is 7.11 Å². The second kappa shape index (κ2) is 6.91. The average Bonchev–Trinajstić information content (AvgIpc) is 2.34. The Balaban J connectivity index is 2.51. The lowest BCUT2D eigenvalue weighted by Crippen LogP contribution is -2.24. The monoisotopic (exact) mass is 237 g/mol. The molecule has 0 fully saturated rings. The number of hydrogen-bond donors (Lipinski definition) is 2. The van der Waals surface area contributed by atoms with Gasteiger partial charge in [-0.25, -0.2) is 0 Å². The summed E-state index contributed by atoms with van der Waals surface area (Å²) in [5.74, 6) is 0.0868. The number of hydrogen-bond acceptors (Lipinski definition) is 3. The first-order valence-corrected chi connectivity index (χ1v) is 5.75. The summed E-state index contributed by atoms with van der Waals surface area (Å²) < 4.78 is 5.25. The van der Waals surface area contributed by atoms with Crippen molar-refractivity contribution >= 4 is 5.97 Å². The standard InChI is InChI=1S/C13H19NO3/c1-3-11-8-10(4-5-12(11)17-2)6-7-14-9-13(15)16/h4-5,8,14H,3,6-7,9H2,1-2H3,(H,15,16). The van der Waals surface area contributed by atoms with Crippen LogP contribution in [0.4, 0.5) is 0 Å². The Morgan fingerprint density at radius 2 is 2.24 bits per heavy atom. The van der Waals surface area contributed by atoms with Crippen molar-refractivity contribution in [2.24, 2.45) is 0 Å². The van der Waals surface area contributed by atoms with E-state index in [9.17, 15) is 4.79 Å². The van der Waals surface area contributed by atoms with Crippen LogP contribution in [0.2, 0.25) is 0 Å². The highest BCUT2D eigenvalue weighted by Gasteiger charge is 2.02. The van der Waals surface area contributed by atoms with Crippen molar-refractivity contribution < 1.29 is 14.6 Å². The van der Waals surface area contributed by atoms with Crippen LogP contribution in [-0.2, 0) is 17.6 Å². The Morgan fingerprint density at radius 1 is 1.47 bits per heavy atom. The fourth-order valence-corrected chi connectivity index (χ4v) is 1.69. The number of carboxylic acids is 1. The molecule has 0 spiro atoms. The molecular formula is C13H19NO3. The van der Waals surface area contributed by atoms with Gasteiger partial charge in [0.05, 0.1) is 13.7 Å². The van der Waals surface area contributed by atoms with Crippen LogP contribution in [0.5, 0.6) is 5.75 Å². The smallest absolute Gasteiger partial charge is 0.317 e. The molecule has 0 radical (unpaired) electrons. The molecule has 1 aromatic rings. The van der Waals surface area contributed by atoms with Crippen molar-refractivity contribution in [3.8, 4) is 5.75 Å². The summed E-state index contributed by atoms with van der Waals surface area (Å²) in [5.41, 5.74) is 2.38. The molecule has 0 aliphatic rings. The molecule has 17 heavy (non-hydrogen) atoms. The topological polar surface area (TPSA) is 58.6 Å². The van der Waals surface area contributed by atoms with E-state index in [0.29, 0.717) is 6.54 Å². The molecule has 0 bridgehead atoms. The SMILES string of the molecule is CCc1cc(CCNCC(=O)O)ccc1OC. The number of aliphatic carboxylic acids is 1. The Morgan fingerprint density at radius 3 is 2.82 bits per heavy atom. The molecule has 0 unspecified atom stereocenters. The first-order chi connectivity index (χ1) is 8.17. The quantitative estimate of drug-likeness (QED) is 0.705. The van der Waals surface area contributed by atoms with Gasteiger partial charge in [0.25, 0.3) is 0 Å². The minimum absolute atomic E-state index is 0.0107. The molecule has 0 aliphatic heterocycles. The van der Waals surface area contributed by atoms with E-state index in [1.165, 1.54) is 11.1 Å². The maximum atomic E-state index is 10.3. The molecule has 2 N–H and O–H groups in total. The lowest BCUT2D eigenvalue weighted by atomic mass is 10.1. The number of carboxylic acid groups (broad SMARTS) is 1. The third kappa shape index (κ3) is 4.44. The van der Waals surface area contributed by atoms with Gasteiger partial charge >= 0.3 is 5.97 Å². The van der Waals surface area contributed by atoms with Crippen molar-refractivity contribution in [2.75, 3.05) is 20.2 Å². The molecule has 1 rings (SSSR count). The predicted molar refractivity (Wildman–Crippen MR) is 66.6 cm³/mol. The summed E-state index contributed by atoms with van der Waals surface area (Å²) >= 11 is 0. The molecule has 0 heterocycles. The zero-order valence-electron chi connectivity index (χ0n) is 10.3. The third-order valence-corrected chi connectivity index (χ3v) is 2.59. The van der Waals surface area contributed by atoms with Gasteiger partial charge in [0, 0.05) is 0 Å². The van der Waals surface area contributed by atoms with Gasteiger partial charge in [0.1, 0.15) is 5.75 Å². The van der Waals surface area contributed by atoms with Gasteiger partial charge in [-0.3, -0.25) is 4.79 Å². The predicted octanol–water partition coefficient (Wildman–Crippen LogP) is 1.47. The van der Waals surface area contributed by atoms with Crippen molar-refractivity contribution in [1.29, 1.82) is 0 Å². The van der Waals surface area contributed by atoms with Crippen molar-refractivity contribution in [2.45, 2.75) is 19.8 Å².